The standard InChI is InChI=1S/C21H22N2O2/c1-24-19-10-6-16(7-11-19)21(15-18-5-3-4-14-22-18)23-17-8-12-20(25-2)13-9-17/h3-14,21,23H,15H2,1-2H3. The molecule has 1 aromatic heterocycles. The van der Waals surface area contributed by atoms with Crippen LogP contribution >= 0.6 is 0 Å². The van der Waals surface area contributed by atoms with Crippen LogP contribution in [0.5, 0.6) is 11.5 Å². The van der Waals surface area contributed by atoms with Gasteiger partial charge in [-0.15, -0.1) is 0 Å². The van der Waals surface area contributed by atoms with Crippen molar-refractivity contribution >= 4 is 5.69 Å². The first-order valence-corrected chi connectivity index (χ1v) is 8.23. The maximum absolute atomic E-state index is 5.26. The minimum atomic E-state index is 0.106. The summed E-state index contributed by atoms with van der Waals surface area (Å²) in [5, 5.41) is 3.60. The number of anilines is 1. The lowest BCUT2D eigenvalue weighted by Gasteiger charge is -2.21. The Morgan fingerprint density at radius 1 is 0.840 bits per heavy atom. The van der Waals surface area contributed by atoms with E-state index in [-0.39, 0.29) is 6.04 Å². The number of hydrogen-bond donors (Lipinski definition) is 1. The van der Waals surface area contributed by atoms with Gasteiger partial charge in [-0.1, -0.05) is 18.2 Å². The van der Waals surface area contributed by atoms with Gasteiger partial charge in [0.05, 0.1) is 20.3 Å². The zero-order valence-corrected chi connectivity index (χ0v) is 14.5. The highest BCUT2D eigenvalue weighted by Crippen LogP contribution is 2.26. The van der Waals surface area contributed by atoms with E-state index in [0.29, 0.717) is 0 Å². The van der Waals surface area contributed by atoms with E-state index in [2.05, 4.69) is 22.4 Å². The molecule has 0 saturated carbocycles. The Balaban J connectivity index is 1.84. The molecule has 0 spiro atoms. The van der Waals surface area contributed by atoms with E-state index in [1.54, 1.807) is 14.2 Å². The van der Waals surface area contributed by atoms with Crippen LogP contribution in [-0.4, -0.2) is 19.2 Å². The van der Waals surface area contributed by atoms with Crippen molar-refractivity contribution in [3.05, 3.63) is 84.2 Å². The van der Waals surface area contributed by atoms with Crippen molar-refractivity contribution in [3.63, 3.8) is 0 Å². The Bertz CT molecular complexity index is 771. The minimum Gasteiger partial charge on any atom is -0.497 e. The van der Waals surface area contributed by atoms with Crippen LogP contribution in [0.4, 0.5) is 5.69 Å². The molecule has 0 radical (unpaired) electrons. The highest BCUT2D eigenvalue weighted by Gasteiger charge is 2.13. The summed E-state index contributed by atoms with van der Waals surface area (Å²) in [7, 11) is 3.35. The molecule has 0 aliphatic carbocycles. The first-order valence-electron chi connectivity index (χ1n) is 8.23. The van der Waals surface area contributed by atoms with Crippen LogP contribution in [0.25, 0.3) is 0 Å². The van der Waals surface area contributed by atoms with Gasteiger partial charge in [-0.2, -0.15) is 0 Å². The maximum Gasteiger partial charge on any atom is 0.119 e. The third-order valence-electron chi connectivity index (χ3n) is 4.09. The van der Waals surface area contributed by atoms with Gasteiger partial charge in [-0.05, 0) is 54.1 Å². The molecule has 0 saturated heterocycles. The SMILES string of the molecule is COc1ccc(NC(Cc2ccccn2)c2ccc(OC)cc2)cc1. The van der Waals surface area contributed by atoms with E-state index < -0.39 is 0 Å². The molecule has 4 nitrogen and oxygen atoms in total. The number of rotatable bonds is 7. The highest BCUT2D eigenvalue weighted by atomic mass is 16.5. The van der Waals surface area contributed by atoms with Crippen LogP contribution in [0.15, 0.2) is 72.9 Å². The number of nitrogens with zero attached hydrogens (tertiary/aromatic N) is 1. The third-order valence-corrected chi connectivity index (χ3v) is 4.09. The van der Waals surface area contributed by atoms with Gasteiger partial charge in [0.15, 0.2) is 0 Å². The second-order valence-electron chi connectivity index (χ2n) is 5.72. The van der Waals surface area contributed by atoms with Crippen LogP contribution < -0.4 is 14.8 Å². The van der Waals surface area contributed by atoms with Gasteiger partial charge in [-0.3, -0.25) is 4.98 Å². The number of benzene rings is 2. The molecule has 1 heterocycles. The van der Waals surface area contributed by atoms with Crippen molar-refractivity contribution in [3.8, 4) is 11.5 Å². The van der Waals surface area contributed by atoms with Gasteiger partial charge < -0.3 is 14.8 Å². The molecule has 0 amide bonds. The first kappa shape index (κ1) is 16.8. The highest BCUT2D eigenvalue weighted by molar-refractivity contribution is 5.49. The molecule has 1 atom stereocenters. The summed E-state index contributed by atoms with van der Waals surface area (Å²) < 4.78 is 10.5. The lowest BCUT2D eigenvalue weighted by atomic mass is 10.0. The molecule has 1 unspecified atom stereocenters. The summed E-state index contributed by atoms with van der Waals surface area (Å²) in [5.41, 5.74) is 3.27. The van der Waals surface area contributed by atoms with Gasteiger partial charge >= 0.3 is 0 Å². The Morgan fingerprint density at radius 3 is 2.04 bits per heavy atom. The summed E-state index contributed by atoms with van der Waals surface area (Å²) in [4.78, 5) is 4.46. The number of aromatic nitrogens is 1. The van der Waals surface area contributed by atoms with Crippen LogP contribution in [-0.2, 0) is 6.42 Å². The van der Waals surface area contributed by atoms with Crippen molar-refractivity contribution in [2.75, 3.05) is 19.5 Å². The number of nitrogens with one attached hydrogen (secondary N) is 1. The van der Waals surface area contributed by atoms with Crippen LogP contribution in [0.1, 0.15) is 17.3 Å². The van der Waals surface area contributed by atoms with Crippen molar-refractivity contribution in [2.24, 2.45) is 0 Å². The predicted octanol–water partition coefficient (Wildman–Crippen LogP) is 4.49. The van der Waals surface area contributed by atoms with Gasteiger partial charge in [0.2, 0.25) is 0 Å². The van der Waals surface area contributed by atoms with Gasteiger partial charge in [0, 0.05) is 24.0 Å². The molecule has 0 bridgehead atoms. The molecule has 3 aromatic rings. The molecule has 4 heteroatoms. The molecule has 0 aliphatic rings. The molecule has 3 rings (SSSR count). The monoisotopic (exact) mass is 334 g/mol. The second-order valence-corrected chi connectivity index (χ2v) is 5.72. The fraction of sp³-hybridized carbons (Fsp3) is 0.190. The average molecular weight is 334 g/mol. The van der Waals surface area contributed by atoms with E-state index in [9.17, 15) is 0 Å². The zero-order chi connectivity index (χ0) is 17.5. The van der Waals surface area contributed by atoms with Gasteiger partial charge in [0.1, 0.15) is 11.5 Å². The molecular weight excluding hydrogens is 312 g/mol. The van der Waals surface area contributed by atoms with E-state index in [1.165, 1.54) is 5.56 Å². The number of pyridine rings is 1. The Kier molecular flexibility index (Phi) is 5.52. The lowest BCUT2D eigenvalue weighted by Crippen LogP contribution is -2.14. The number of hydrogen-bond acceptors (Lipinski definition) is 4. The Hall–Kier alpha value is -3.01. The molecular formula is C21H22N2O2. The predicted molar refractivity (Wildman–Crippen MR) is 100 cm³/mol. The Morgan fingerprint density at radius 2 is 1.48 bits per heavy atom. The molecule has 0 aliphatic heterocycles. The topological polar surface area (TPSA) is 43.4 Å². The quantitative estimate of drug-likeness (QED) is 0.691. The molecule has 0 fully saturated rings. The minimum absolute atomic E-state index is 0.106. The normalized spacial score (nSPS) is 11.6. The van der Waals surface area contributed by atoms with E-state index in [1.807, 2.05) is 60.8 Å². The van der Waals surface area contributed by atoms with Crippen LogP contribution in [0.3, 0.4) is 0 Å². The van der Waals surface area contributed by atoms with Gasteiger partial charge in [-0.25, -0.2) is 0 Å². The van der Waals surface area contributed by atoms with Crippen molar-refractivity contribution < 1.29 is 9.47 Å². The third kappa shape index (κ3) is 4.51. The Labute approximate surface area is 148 Å². The smallest absolute Gasteiger partial charge is 0.119 e. The average Bonchev–Trinajstić information content (AvgIpc) is 2.69. The fourth-order valence-corrected chi connectivity index (χ4v) is 2.70. The van der Waals surface area contributed by atoms with Crippen LogP contribution in [0, 0.1) is 0 Å². The van der Waals surface area contributed by atoms with Crippen LogP contribution in [0.2, 0.25) is 0 Å². The van der Waals surface area contributed by atoms with E-state index in [4.69, 9.17) is 9.47 Å². The fourth-order valence-electron chi connectivity index (χ4n) is 2.70. The summed E-state index contributed by atoms with van der Waals surface area (Å²) in [6, 6.07) is 22.2. The van der Waals surface area contributed by atoms with Gasteiger partial charge in [0.25, 0.3) is 0 Å². The first-order chi connectivity index (χ1) is 12.3. The molecule has 128 valence electrons. The van der Waals surface area contributed by atoms with Crippen molar-refractivity contribution in [1.82, 2.24) is 4.98 Å². The van der Waals surface area contributed by atoms with Crippen molar-refractivity contribution in [1.29, 1.82) is 0 Å². The lowest BCUT2D eigenvalue weighted by molar-refractivity contribution is 0.414. The molecule has 25 heavy (non-hydrogen) atoms. The number of ether oxygens (including phenoxy) is 2. The largest absolute Gasteiger partial charge is 0.497 e. The molecule has 2 aromatic carbocycles. The number of methoxy groups -OCH3 is 2. The van der Waals surface area contributed by atoms with E-state index in [0.717, 1.165) is 29.3 Å². The maximum atomic E-state index is 5.26. The summed E-state index contributed by atoms with van der Waals surface area (Å²) >= 11 is 0. The summed E-state index contributed by atoms with van der Waals surface area (Å²) in [5.74, 6) is 1.70. The zero-order valence-electron chi connectivity index (χ0n) is 14.5. The second kappa shape index (κ2) is 8.20. The summed E-state index contributed by atoms with van der Waals surface area (Å²) in [6.45, 7) is 0. The summed E-state index contributed by atoms with van der Waals surface area (Å²) in [6.07, 6.45) is 2.62. The molecule has 1 N–H and O–H groups in total. The van der Waals surface area contributed by atoms with Crippen molar-refractivity contribution in [2.45, 2.75) is 12.5 Å². The van der Waals surface area contributed by atoms with E-state index >= 15 is 0 Å².